The zero-order valence-corrected chi connectivity index (χ0v) is 12.7. The predicted molar refractivity (Wildman–Crippen MR) is 84.0 cm³/mol. The van der Waals surface area contributed by atoms with Crippen LogP contribution in [0.1, 0.15) is 32.5 Å². The summed E-state index contributed by atoms with van der Waals surface area (Å²) in [7, 11) is 0. The monoisotopic (exact) mass is 290 g/mol. The van der Waals surface area contributed by atoms with Crippen molar-refractivity contribution in [3.8, 4) is 0 Å². The van der Waals surface area contributed by atoms with Gasteiger partial charge in [-0.25, -0.2) is 0 Å². The second-order valence-corrected chi connectivity index (χ2v) is 7.38. The number of aliphatic hydroxyl groups excluding tert-OH is 1. The Morgan fingerprint density at radius 2 is 2.21 bits per heavy atom. The van der Waals surface area contributed by atoms with Gasteiger partial charge in [0.25, 0.3) is 0 Å². The maximum absolute atomic E-state index is 10.4. The van der Waals surface area contributed by atoms with Crippen LogP contribution in [0, 0.1) is 6.92 Å². The summed E-state index contributed by atoms with van der Waals surface area (Å²) >= 11 is 3.80. The Kier molecular flexibility index (Phi) is 3.96. The number of benzene rings is 1. The first-order valence-electron chi connectivity index (χ1n) is 6.65. The van der Waals surface area contributed by atoms with Gasteiger partial charge in [-0.1, -0.05) is 29.8 Å². The van der Waals surface area contributed by atoms with Gasteiger partial charge in [0.2, 0.25) is 0 Å². The Labute approximate surface area is 122 Å². The van der Waals surface area contributed by atoms with Crippen molar-refractivity contribution in [3.63, 3.8) is 0 Å². The average molecular weight is 290 g/mol. The second kappa shape index (κ2) is 5.70. The maximum atomic E-state index is 10.4. The summed E-state index contributed by atoms with van der Waals surface area (Å²) in [6, 6.07) is 10.6. The van der Waals surface area contributed by atoms with Gasteiger partial charge in [-0.3, -0.25) is 0 Å². The van der Waals surface area contributed by atoms with E-state index in [0.717, 1.165) is 10.6 Å². The van der Waals surface area contributed by atoms with Crippen molar-refractivity contribution in [3.05, 3.63) is 56.8 Å². The Balaban J connectivity index is 1.76. The molecule has 2 aromatic rings. The Hall–Kier alpha value is -0.770. The highest BCUT2D eigenvalue weighted by Crippen LogP contribution is 2.35. The number of rotatable bonds is 3. The molecular weight excluding hydrogens is 272 g/mol. The lowest BCUT2D eigenvalue weighted by Crippen LogP contribution is -1.99. The van der Waals surface area contributed by atoms with Crippen molar-refractivity contribution in [1.29, 1.82) is 0 Å². The van der Waals surface area contributed by atoms with Crippen LogP contribution in [0.4, 0.5) is 0 Å². The first-order chi connectivity index (χ1) is 9.22. The molecule has 0 saturated heterocycles. The predicted octanol–water partition coefficient (Wildman–Crippen LogP) is 4.12. The van der Waals surface area contributed by atoms with E-state index in [1.165, 1.54) is 33.7 Å². The summed E-state index contributed by atoms with van der Waals surface area (Å²) < 4.78 is 0. The van der Waals surface area contributed by atoms with Gasteiger partial charge in [0, 0.05) is 21.9 Å². The largest absolute Gasteiger partial charge is 0.387 e. The van der Waals surface area contributed by atoms with E-state index < -0.39 is 0 Å². The fourth-order valence-corrected chi connectivity index (χ4v) is 4.86. The minimum Gasteiger partial charge on any atom is -0.387 e. The molecule has 1 aromatic carbocycles. The van der Waals surface area contributed by atoms with Crippen LogP contribution in [0.2, 0.25) is 0 Å². The van der Waals surface area contributed by atoms with Gasteiger partial charge in [0.15, 0.2) is 0 Å². The molecule has 0 amide bonds. The van der Waals surface area contributed by atoms with Gasteiger partial charge >= 0.3 is 0 Å². The van der Waals surface area contributed by atoms with Crippen LogP contribution in [-0.2, 0) is 18.6 Å². The summed E-state index contributed by atoms with van der Waals surface area (Å²) in [6.07, 6.45) is 1.53. The van der Waals surface area contributed by atoms with Crippen molar-refractivity contribution in [1.82, 2.24) is 0 Å². The summed E-state index contributed by atoms with van der Waals surface area (Å²) in [4.78, 5) is 2.62. The Morgan fingerprint density at radius 1 is 1.32 bits per heavy atom. The van der Waals surface area contributed by atoms with Gasteiger partial charge in [-0.05, 0) is 36.3 Å². The van der Waals surface area contributed by atoms with Gasteiger partial charge < -0.3 is 5.11 Å². The molecule has 0 fully saturated rings. The fraction of sp³-hybridized carbons (Fsp3) is 0.375. The normalized spacial score (nSPS) is 16.1. The van der Waals surface area contributed by atoms with Gasteiger partial charge in [-0.15, -0.1) is 11.3 Å². The highest BCUT2D eigenvalue weighted by atomic mass is 32.2. The van der Waals surface area contributed by atoms with E-state index in [4.69, 9.17) is 0 Å². The van der Waals surface area contributed by atoms with E-state index in [9.17, 15) is 5.11 Å². The zero-order valence-electron chi connectivity index (χ0n) is 11.1. The lowest BCUT2D eigenvalue weighted by Gasteiger charge is -2.09. The molecule has 1 aromatic heterocycles. The molecule has 1 aliphatic heterocycles. The lowest BCUT2D eigenvalue weighted by atomic mass is 10.0. The van der Waals surface area contributed by atoms with E-state index in [0.29, 0.717) is 6.42 Å². The third kappa shape index (κ3) is 3.04. The fourth-order valence-electron chi connectivity index (χ4n) is 2.50. The molecule has 0 spiro atoms. The van der Waals surface area contributed by atoms with Crippen molar-refractivity contribution in [2.75, 3.05) is 5.75 Å². The summed E-state index contributed by atoms with van der Waals surface area (Å²) in [6.45, 7) is 2.09. The molecule has 3 heteroatoms. The summed E-state index contributed by atoms with van der Waals surface area (Å²) in [5.74, 6) is 2.34. The quantitative estimate of drug-likeness (QED) is 0.917. The molecule has 0 radical (unpaired) electrons. The van der Waals surface area contributed by atoms with Gasteiger partial charge in [0.05, 0.1) is 6.10 Å². The molecule has 0 saturated carbocycles. The molecule has 2 heterocycles. The topological polar surface area (TPSA) is 20.2 Å². The number of hydrogen-bond acceptors (Lipinski definition) is 3. The van der Waals surface area contributed by atoms with E-state index in [1.807, 2.05) is 11.8 Å². The molecular formula is C16H18OS2. The van der Waals surface area contributed by atoms with E-state index in [2.05, 4.69) is 37.3 Å². The number of aliphatic hydroxyl groups is 1. The molecule has 100 valence electrons. The smallest absolute Gasteiger partial charge is 0.0922 e. The molecule has 1 atom stereocenters. The van der Waals surface area contributed by atoms with Crippen LogP contribution in [-0.4, -0.2) is 10.9 Å². The number of fused-ring (bicyclic) bond motifs is 1. The number of aryl methyl sites for hydroxylation is 2. The highest BCUT2D eigenvalue weighted by Gasteiger charge is 2.18. The summed E-state index contributed by atoms with van der Waals surface area (Å²) in [5, 5.41) is 10.4. The first kappa shape index (κ1) is 13.2. The van der Waals surface area contributed by atoms with E-state index in [1.54, 1.807) is 11.3 Å². The van der Waals surface area contributed by atoms with Crippen molar-refractivity contribution in [2.45, 2.75) is 31.6 Å². The van der Waals surface area contributed by atoms with Crippen LogP contribution in [0.15, 0.2) is 30.3 Å². The molecule has 1 unspecified atom stereocenters. The van der Waals surface area contributed by atoms with Crippen LogP contribution in [0.3, 0.4) is 0 Å². The number of thioether (sulfide) groups is 1. The third-order valence-electron chi connectivity index (χ3n) is 3.49. The molecule has 0 aliphatic carbocycles. The molecule has 19 heavy (non-hydrogen) atoms. The zero-order chi connectivity index (χ0) is 13.2. The van der Waals surface area contributed by atoms with Crippen molar-refractivity contribution >= 4 is 23.1 Å². The average Bonchev–Trinajstić information content (AvgIpc) is 2.82. The number of hydrogen-bond donors (Lipinski definition) is 1. The molecule has 1 N–H and O–H groups in total. The Morgan fingerprint density at radius 3 is 3.00 bits per heavy atom. The molecule has 1 nitrogen and oxygen atoms in total. The maximum Gasteiger partial charge on any atom is 0.0922 e. The minimum absolute atomic E-state index is 0.359. The van der Waals surface area contributed by atoms with E-state index in [-0.39, 0.29) is 6.10 Å². The van der Waals surface area contributed by atoms with Gasteiger partial charge in [0.1, 0.15) is 0 Å². The minimum atomic E-state index is -0.359. The number of thiophene rings is 1. The van der Waals surface area contributed by atoms with Crippen LogP contribution in [0.25, 0.3) is 0 Å². The van der Waals surface area contributed by atoms with Crippen LogP contribution < -0.4 is 0 Å². The lowest BCUT2D eigenvalue weighted by molar-refractivity contribution is 0.182. The van der Waals surface area contributed by atoms with E-state index >= 15 is 0 Å². The summed E-state index contributed by atoms with van der Waals surface area (Å²) in [5.41, 5.74) is 3.92. The van der Waals surface area contributed by atoms with Gasteiger partial charge in [-0.2, -0.15) is 11.8 Å². The second-order valence-electron chi connectivity index (χ2n) is 5.11. The van der Waals surface area contributed by atoms with Crippen LogP contribution in [0.5, 0.6) is 0 Å². The SMILES string of the molecule is Cc1cccc(CC(O)c2cc3c(s2)CCSC3)c1. The highest BCUT2D eigenvalue weighted by molar-refractivity contribution is 7.98. The first-order valence-corrected chi connectivity index (χ1v) is 8.62. The molecule has 0 bridgehead atoms. The van der Waals surface area contributed by atoms with Crippen LogP contribution >= 0.6 is 23.1 Å². The van der Waals surface area contributed by atoms with Crippen molar-refractivity contribution in [2.24, 2.45) is 0 Å². The molecule has 3 rings (SSSR count). The molecule has 1 aliphatic rings. The third-order valence-corrected chi connectivity index (χ3v) is 5.83. The Bertz CT molecular complexity index is 550. The van der Waals surface area contributed by atoms with Crippen molar-refractivity contribution < 1.29 is 5.11 Å². The standard InChI is InChI=1S/C16H18OS2/c1-11-3-2-4-12(7-11)8-14(17)16-9-13-10-18-6-5-15(13)19-16/h2-4,7,9,14,17H,5-6,8,10H2,1H3.